The quantitative estimate of drug-likeness (QED) is 0.307. The Hall–Kier alpha value is -0.868. The first-order chi connectivity index (χ1) is 14.7. The van der Waals surface area contributed by atoms with Gasteiger partial charge in [-0.05, 0) is 0 Å². The molecule has 0 radical (unpaired) electrons. The van der Waals surface area contributed by atoms with Crippen molar-refractivity contribution >= 4 is 10.8 Å². The Kier molecular flexibility index (Phi) is 7.57. The number of rotatable bonds is 6. The fourth-order valence-electron chi connectivity index (χ4n) is 5.92. The number of ether oxygens (including phenoxy) is 2. The van der Waals surface area contributed by atoms with Crippen molar-refractivity contribution in [1.29, 1.82) is 0 Å². The summed E-state index contributed by atoms with van der Waals surface area (Å²) < 4.78 is 11.6. The number of benzene rings is 2. The standard InChI is InChI=1S/C26H35O2P.Pd/c1-27-23-17-11-18-24(28-2)26(23)22-16-9-10-19-25(22)29(20-12-5-3-6-13-20)21-14-7-4-8-15-21;/h9-11,16-21H,3-8,12-15H2,1-2H3;/q;-1/p+1. The molecule has 0 aromatic heterocycles. The van der Waals surface area contributed by atoms with Crippen molar-refractivity contribution < 1.29 is 28.2 Å². The van der Waals surface area contributed by atoms with E-state index in [1.807, 2.05) is 6.07 Å². The first-order valence-corrected chi connectivity index (χ1v) is 16.0. The van der Waals surface area contributed by atoms with Crippen molar-refractivity contribution in [1.82, 2.24) is 0 Å². The molecule has 2 aliphatic rings. The van der Waals surface area contributed by atoms with E-state index >= 15 is 0 Å². The minimum absolute atomic E-state index is 0.833. The molecule has 0 N–H and O–H groups in total. The summed E-state index contributed by atoms with van der Waals surface area (Å²) in [4.78, 5) is 0. The third-order valence-corrected chi connectivity index (χ3v) is 17.1. The van der Waals surface area contributed by atoms with Crippen LogP contribution in [-0.4, -0.2) is 25.5 Å². The van der Waals surface area contributed by atoms with Gasteiger partial charge in [0.1, 0.15) is 0 Å². The summed E-state index contributed by atoms with van der Waals surface area (Å²) in [5, 5.41) is 1.58. The maximum atomic E-state index is 5.82. The fraction of sp³-hybridized carbons (Fsp3) is 0.538. The second-order valence-corrected chi connectivity index (χ2v) is 16.4. The molecule has 0 spiro atoms. The summed E-state index contributed by atoms with van der Waals surface area (Å²) in [6.45, 7) is 0. The van der Waals surface area contributed by atoms with Crippen molar-refractivity contribution in [3.05, 3.63) is 42.5 Å². The second kappa shape index (κ2) is 10.2. The van der Waals surface area contributed by atoms with Crippen LogP contribution in [0.4, 0.5) is 0 Å². The molecular weight excluding hydrogens is 482 g/mol. The van der Waals surface area contributed by atoms with E-state index in [9.17, 15) is 0 Å². The van der Waals surface area contributed by atoms with Crippen molar-refractivity contribution in [3.8, 4) is 22.6 Å². The molecule has 0 bridgehead atoms. The topological polar surface area (TPSA) is 18.5 Å². The number of methoxy groups -OCH3 is 2. The summed E-state index contributed by atoms with van der Waals surface area (Å²) in [5.74, 6) is 1.81. The molecular formula is C26H36O2PPd. The summed E-state index contributed by atoms with van der Waals surface area (Å²) in [5.41, 5.74) is 2.22. The van der Waals surface area contributed by atoms with Crippen LogP contribution < -0.4 is 14.8 Å². The average Bonchev–Trinajstić information content (AvgIpc) is 2.84. The van der Waals surface area contributed by atoms with E-state index in [2.05, 4.69) is 55.1 Å². The van der Waals surface area contributed by atoms with Crippen LogP contribution in [-0.2, 0) is 18.7 Å². The Morgan fingerprint density at radius 3 is 1.70 bits per heavy atom. The van der Waals surface area contributed by atoms with E-state index in [1.54, 1.807) is 19.5 Å². The fourth-order valence-corrected chi connectivity index (χ4v) is 14.5. The van der Waals surface area contributed by atoms with Crippen LogP contribution in [0.5, 0.6) is 11.5 Å². The molecule has 167 valence electrons. The number of hydrogen-bond donors (Lipinski definition) is 0. The van der Waals surface area contributed by atoms with E-state index in [4.69, 9.17) is 9.47 Å². The minimum atomic E-state index is -1.88. The van der Waals surface area contributed by atoms with Crippen LogP contribution in [0.3, 0.4) is 0 Å². The SMILES string of the molecule is COc1cccc(OC)c1-c1ccccc1[PH]([Pd])(C1CCCCC1)C1CCCCC1. The van der Waals surface area contributed by atoms with E-state index < -0.39 is 5.45 Å². The Morgan fingerprint density at radius 1 is 0.700 bits per heavy atom. The maximum absolute atomic E-state index is 5.82. The van der Waals surface area contributed by atoms with Crippen LogP contribution in [0.15, 0.2) is 42.5 Å². The van der Waals surface area contributed by atoms with Crippen LogP contribution in [0.25, 0.3) is 11.1 Å². The first kappa shape index (κ1) is 22.3. The van der Waals surface area contributed by atoms with Crippen LogP contribution >= 0.6 is 5.45 Å². The van der Waals surface area contributed by atoms with Gasteiger partial charge in [0.25, 0.3) is 0 Å². The van der Waals surface area contributed by atoms with E-state index in [0.29, 0.717) is 0 Å². The van der Waals surface area contributed by atoms with Crippen LogP contribution in [0, 0.1) is 0 Å². The predicted octanol–water partition coefficient (Wildman–Crippen LogP) is 6.87. The molecule has 2 fully saturated rings. The van der Waals surface area contributed by atoms with Gasteiger partial charge in [-0.25, -0.2) is 0 Å². The van der Waals surface area contributed by atoms with Crippen molar-refractivity contribution in [2.24, 2.45) is 0 Å². The van der Waals surface area contributed by atoms with Gasteiger partial charge in [0.05, 0.1) is 0 Å². The van der Waals surface area contributed by atoms with Gasteiger partial charge in [-0.1, -0.05) is 0 Å². The predicted molar refractivity (Wildman–Crippen MR) is 127 cm³/mol. The van der Waals surface area contributed by atoms with Crippen molar-refractivity contribution in [3.63, 3.8) is 0 Å². The molecule has 2 aromatic rings. The summed E-state index contributed by atoms with van der Waals surface area (Å²) in [6.07, 6.45) is 13.9. The normalized spacial score (nSPS) is 19.5. The molecule has 4 rings (SSSR count). The molecule has 2 aliphatic carbocycles. The van der Waals surface area contributed by atoms with Crippen LogP contribution in [0.2, 0.25) is 0 Å². The van der Waals surface area contributed by atoms with Crippen LogP contribution in [0.1, 0.15) is 64.2 Å². The molecule has 4 heteroatoms. The monoisotopic (exact) mass is 517 g/mol. The molecule has 0 aliphatic heterocycles. The zero-order valence-electron chi connectivity index (χ0n) is 18.4. The van der Waals surface area contributed by atoms with Gasteiger partial charge in [0.2, 0.25) is 0 Å². The van der Waals surface area contributed by atoms with Gasteiger partial charge in [-0.2, -0.15) is 0 Å². The summed E-state index contributed by atoms with van der Waals surface area (Å²) >= 11 is 4.24. The van der Waals surface area contributed by atoms with Gasteiger partial charge in [-0.15, -0.1) is 0 Å². The molecule has 0 amide bonds. The zero-order chi connectivity index (χ0) is 21.0. The Morgan fingerprint density at radius 2 is 1.20 bits per heavy atom. The zero-order valence-corrected chi connectivity index (χ0v) is 21.0. The molecule has 2 nitrogen and oxygen atoms in total. The molecule has 0 saturated heterocycles. The Bertz CT molecular complexity index is 800. The van der Waals surface area contributed by atoms with Gasteiger partial charge >= 0.3 is 194 Å². The molecule has 30 heavy (non-hydrogen) atoms. The van der Waals surface area contributed by atoms with Crippen molar-refractivity contribution in [2.45, 2.75) is 75.5 Å². The molecule has 2 aromatic carbocycles. The molecule has 2 saturated carbocycles. The molecule has 0 heterocycles. The Balaban J connectivity index is 1.90. The summed E-state index contributed by atoms with van der Waals surface area (Å²) in [6, 6.07) is 15.3. The van der Waals surface area contributed by atoms with E-state index in [-0.39, 0.29) is 0 Å². The Labute approximate surface area is 193 Å². The average molecular weight is 518 g/mol. The second-order valence-electron chi connectivity index (χ2n) is 8.97. The molecule has 0 unspecified atom stereocenters. The number of hydrogen-bond acceptors (Lipinski definition) is 2. The van der Waals surface area contributed by atoms with Crippen molar-refractivity contribution in [2.75, 3.05) is 14.2 Å². The van der Waals surface area contributed by atoms with Gasteiger partial charge in [-0.3, -0.25) is 0 Å². The summed E-state index contributed by atoms with van der Waals surface area (Å²) in [7, 11) is 3.54. The van der Waals surface area contributed by atoms with Gasteiger partial charge < -0.3 is 0 Å². The third-order valence-electron chi connectivity index (χ3n) is 7.37. The van der Waals surface area contributed by atoms with E-state index in [1.165, 1.54) is 69.8 Å². The van der Waals surface area contributed by atoms with E-state index in [0.717, 1.165) is 28.4 Å². The first-order valence-electron chi connectivity index (χ1n) is 11.7. The van der Waals surface area contributed by atoms with Gasteiger partial charge in [0, 0.05) is 0 Å². The molecule has 0 atom stereocenters. The van der Waals surface area contributed by atoms with Gasteiger partial charge in [0.15, 0.2) is 0 Å². The third kappa shape index (κ3) is 4.24.